The number of aromatic carboxylic acids is 1. The summed E-state index contributed by atoms with van der Waals surface area (Å²) in [5.74, 6) is -0.384. The summed E-state index contributed by atoms with van der Waals surface area (Å²) in [6.07, 6.45) is 7.01. The van der Waals surface area contributed by atoms with Crippen molar-refractivity contribution in [3.05, 3.63) is 17.7 Å². The van der Waals surface area contributed by atoms with E-state index in [0.717, 1.165) is 63.8 Å². The maximum Gasteiger partial charge on any atom is 0.335 e. The third kappa shape index (κ3) is 7.64. The standard InChI is InChI=1S/C20H34N2O4S2/c1-4-7-10-13-27-19-17(22(11-8-5-2)12-9-6-3)14-16(20(23)24)15-18(19)28(21,25)26/h14-15H,4-13H2,1-3H3,(H,23,24)(H2,21,25,26). The number of carbonyl (C=O) groups is 1. The van der Waals surface area contributed by atoms with E-state index in [4.69, 9.17) is 5.14 Å². The minimum absolute atomic E-state index is 0.0464. The Morgan fingerprint density at radius 3 is 2.07 bits per heavy atom. The average molecular weight is 431 g/mol. The Kier molecular flexibility index (Phi) is 10.9. The minimum atomic E-state index is -4.04. The average Bonchev–Trinajstić information content (AvgIpc) is 2.64. The Morgan fingerprint density at radius 2 is 1.61 bits per heavy atom. The lowest BCUT2D eigenvalue weighted by atomic mass is 10.1. The molecule has 6 nitrogen and oxygen atoms in total. The first-order valence-corrected chi connectivity index (χ1v) is 12.6. The molecular weight excluding hydrogens is 396 g/mol. The van der Waals surface area contributed by atoms with Gasteiger partial charge in [0, 0.05) is 13.1 Å². The SMILES string of the molecule is CCCCCSc1c(N(CCCC)CCCC)cc(C(=O)O)cc1S(N)(=O)=O. The number of nitrogens with zero attached hydrogens (tertiary/aromatic N) is 1. The molecule has 0 fully saturated rings. The van der Waals surface area contributed by atoms with Gasteiger partial charge in [0.2, 0.25) is 10.0 Å². The number of nitrogens with two attached hydrogens (primary N) is 1. The lowest BCUT2D eigenvalue weighted by molar-refractivity contribution is 0.0696. The molecule has 3 N–H and O–H groups in total. The van der Waals surface area contributed by atoms with E-state index in [1.165, 1.54) is 17.8 Å². The molecule has 1 aromatic rings. The fourth-order valence-corrected chi connectivity index (χ4v) is 5.15. The van der Waals surface area contributed by atoms with Crippen molar-refractivity contribution in [2.24, 2.45) is 5.14 Å². The van der Waals surface area contributed by atoms with Crippen LogP contribution in [0.1, 0.15) is 76.1 Å². The van der Waals surface area contributed by atoms with Crippen molar-refractivity contribution in [2.75, 3.05) is 23.7 Å². The molecule has 28 heavy (non-hydrogen) atoms. The Labute approximate surface area is 173 Å². The number of anilines is 1. The number of sulfonamides is 1. The quantitative estimate of drug-likeness (QED) is 0.327. The predicted octanol–water partition coefficient (Wildman–Crippen LogP) is 4.72. The van der Waals surface area contributed by atoms with Crippen LogP contribution in [0.5, 0.6) is 0 Å². The van der Waals surface area contributed by atoms with E-state index in [1.54, 1.807) is 6.07 Å². The van der Waals surface area contributed by atoms with E-state index < -0.39 is 16.0 Å². The molecule has 8 heteroatoms. The van der Waals surface area contributed by atoms with Crippen LogP contribution in [0.2, 0.25) is 0 Å². The highest BCUT2D eigenvalue weighted by Crippen LogP contribution is 2.38. The van der Waals surface area contributed by atoms with Crippen molar-refractivity contribution >= 4 is 33.4 Å². The number of carboxylic acids is 1. The number of hydrogen-bond acceptors (Lipinski definition) is 5. The molecule has 0 aliphatic carbocycles. The number of carboxylic acid groups (broad SMARTS) is 1. The Morgan fingerprint density at radius 1 is 1.04 bits per heavy atom. The smallest absolute Gasteiger partial charge is 0.335 e. The highest BCUT2D eigenvalue weighted by molar-refractivity contribution is 8.00. The maximum atomic E-state index is 12.3. The van der Waals surface area contributed by atoms with E-state index >= 15 is 0 Å². The molecule has 160 valence electrons. The number of thioether (sulfide) groups is 1. The molecule has 0 aliphatic heterocycles. The molecular formula is C20H34N2O4S2. The summed E-state index contributed by atoms with van der Waals surface area (Å²) in [5.41, 5.74) is 0.627. The van der Waals surface area contributed by atoms with Crippen LogP contribution in [0.15, 0.2) is 21.9 Å². The summed E-state index contributed by atoms with van der Waals surface area (Å²) in [5, 5.41) is 15.0. The molecule has 0 spiro atoms. The first-order chi connectivity index (χ1) is 13.3. The van der Waals surface area contributed by atoms with E-state index in [9.17, 15) is 18.3 Å². The van der Waals surface area contributed by atoms with Gasteiger partial charge in [0.05, 0.1) is 21.0 Å². The summed E-state index contributed by atoms with van der Waals surface area (Å²) < 4.78 is 24.5. The topological polar surface area (TPSA) is 101 Å². The largest absolute Gasteiger partial charge is 0.478 e. The predicted molar refractivity (Wildman–Crippen MR) is 117 cm³/mol. The van der Waals surface area contributed by atoms with Crippen molar-refractivity contribution in [1.82, 2.24) is 0 Å². The molecule has 1 aromatic carbocycles. The molecule has 0 atom stereocenters. The first kappa shape index (κ1) is 24.8. The molecule has 0 amide bonds. The normalized spacial score (nSPS) is 11.6. The van der Waals surface area contributed by atoms with Gasteiger partial charge >= 0.3 is 5.97 Å². The van der Waals surface area contributed by atoms with Gasteiger partial charge in [0.1, 0.15) is 0 Å². The van der Waals surface area contributed by atoms with Gasteiger partial charge in [-0.25, -0.2) is 18.4 Å². The maximum absolute atomic E-state index is 12.3. The number of rotatable bonds is 14. The molecule has 0 radical (unpaired) electrons. The van der Waals surface area contributed by atoms with Gasteiger partial charge in [0.15, 0.2) is 0 Å². The van der Waals surface area contributed by atoms with Crippen molar-refractivity contribution in [2.45, 2.75) is 75.5 Å². The zero-order valence-electron chi connectivity index (χ0n) is 17.2. The van der Waals surface area contributed by atoms with Crippen LogP contribution < -0.4 is 10.0 Å². The number of hydrogen-bond donors (Lipinski definition) is 2. The summed E-state index contributed by atoms with van der Waals surface area (Å²) in [6.45, 7) is 7.83. The van der Waals surface area contributed by atoms with Crippen molar-refractivity contribution in [3.8, 4) is 0 Å². The fraction of sp³-hybridized carbons (Fsp3) is 0.650. The number of benzene rings is 1. The summed E-state index contributed by atoms with van der Waals surface area (Å²) in [4.78, 5) is 14.3. The van der Waals surface area contributed by atoms with Crippen molar-refractivity contribution in [1.29, 1.82) is 0 Å². The van der Waals surface area contributed by atoms with Crippen molar-refractivity contribution in [3.63, 3.8) is 0 Å². The fourth-order valence-electron chi connectivity index (χ4n) is 2.88. The minimum Gasteiger partial charge on any atom is -0.478 e. The lowest BCUT2D eigenvalue weighted by Gasteiger charge is -2.28. The van der Waals surface area contributed by atoms with Crippen LogP contribution in [0.4, 0.5) is 5.69 Å². The van der Waals surface area contributed by atoms with Gasteiger partial charge in [-0.15, -0.1) is 11.8 Å². The van der Waals surface area contributed by atoms with E-state index in [1.807, 2.05) is 0 Å². The zero-order chi connectivity index (χ0) is 21.2. The molecule has 0 saturated heterocycles. The molecule has 0 aromatic heterocycles. The summed E-state index contributed by atoms with van der Waals surface area (Å²) in [7, 11) is -4.04. The molecule has 0 unspecified atom stereocenters. The molecule has 0 heterocycles. The second kappa shape index (κ2) is 12.3. The van der Waals surface area contributed by atoms with Gasteiger partial charge in [-0.05, 0) is 37.1 Å². The molecule has 0 saturated carbocycles. The second-order valence-corrected chi connectivity index (χ2v) is 9.56. The number of primary sulfonamides is 1. The molecule has 0 aliphatic rings. The monoisotopic (exact) mass is 430 g/mol. The van der Waals surface area contributed by atoms with Gasteiger partial charge in [0.25, 0.3) is 0 Å². The van der Waals surface area contributed by atoms with Gasteiger partial charge in [-0.1, -0.05) is 46.5 Å². The molecule has 1 rings (SSSR count). The third-order valence-electron chi connectivity index (χ3n) is 4.49. The Hall–Kier alpha value is -1.25. The number of unbranched alkanes of at least 4 members (excludes halogenated alkanes) is 4. The van der Waals surface area contributed by atoms with Gasteiger partial charge in [-0.2, -0.15) is 0 Å². The first-order valence-electron chi connectivity index (χ1n) is 10.1. The summed E-state index contributed by atoms with van der Waals surface area (Å²) in [6, 6.07) is 2.80. The van der Waals surface area contributed by atoms with E-state index in [2.05, 4.69) is 25.7 Å². The lowest BCUT2D eigenvalue weighted by Crippen LogP contribution is -2.27. The van der Waals surface area contributed by atoms with Crippen LogP contribution in [0.25, 0.3) is 0 Å². The van der Waals surface area contributed by atoms with Crippen LogP contribution in [-0.4, -0.2) is 38.3 Å². The van der Waals surface area contributed by atoms with Gasteiger partial charge < -0.3 is 10.0 Å². The Bertz CT molecular complexity index is 728. The van der Waals surface area contributed by atoms with E-state index in [-0.39, 0.29) is 10.5 Å². The second-order valence-electron chi connectivity index (χ2n) is 6.92. The molecule has 0 bridgehead atoms. The van der Waals surface area contributed by atoms with Gasteiger partial charge in [-0.3, -0.25) is 0 Å². The highest BCUT2D eigenvalue weighted by atomic mass is 32.2. The zero-order valence-corrected chi connectivity index (χ0v) is 18.9. The van der Waals surface area contributed by atoms with E-state index in [0.29, 0.717) is 10.6 Å². The summed E-state index contributed by atoms with van der Waals surface area (Å²) >= 11 is 1.46. The van der Waals surface area contributed by atoms with Crippen LogP contribution in [0.3, 0.4) is 0 Å². The third-order valence-corrected chi connectivity index (χ3v) is 6.76. The van der Waals surface area contributed by atoms with Crippen LogP contribution in [0, 0.1) is 0 Å². The van der Waals surface area contributed by atoms with Crippen molar-refractivity contribution < 1.29 is 18.3 Å². The highest BCUT2D eigenvalue weighted by Gasteiger charge is 2.24. The van der Waals surface area contributed by atoms with Crippen LogP contribution in [-0.2, 0) is 10.0 Å². The van der Waals surface area contributed by atoms with Crippen LogP contribution >= 0.6 is 11.8 Å². The Balaban J connectivity index is 3.51.